The molecule has 1 aromatic rings. The van der Waals surface area contributed by atoms with Gasteiger partial charge in [-0.25, -0.2) is 0 Å². The van der Waals surface area contributed by atoms with Gasteiger partial charge in [0, 0.05) is 6.42 Å². The number of aliphatic hydroxyl groups is 2. The van der Waals surface area contributed by atoms with Gasteiger partial charge in [0.25, 0.3) is 0 Å². The molecule has 0 radical (unpaired) electrons. The molecule has 20 heavy (non-hydrogen) atoms. The van der Waals surface area contributed by atoms with Gasteiger partial charge >= 0.3 is 17.4 Å². The van der Waals surface area contributed by atoms with Crippen molar-refractivity contribution in [3.63, 3.8) is 0 Å². The molecule has 1 fully saturated rings. The number of aliphatic hydroxyl groups excluding tert-OH is 2. The van der Waals surface area contributed by atoms with Crippen molar-refractivity contribution in [3.8, 4) is 0 Å². The third-order valence-corrected chi connectivity index (χ3v) is 2.97. The SMILES string of the molecule is O=c1c[n+]([O-])c(C(F)(F)F)cn1[C@H]1C[C@H](O)[C@@H](CO)O1. The van der Waals surface area contributed by atoms with Gasteiger partial charge in [0.2, 0.25) is 6.20 Å². The Morgan fingerprint density at radius 3 is 2.70 bits per heavy atom. The first kappa shape index (κ1) is 14.8. The lowest BCUT2D eigenvalue weighted by atomic mass is 10.2. The third-order valence-electron chi connectivity index (χ3n) is 2.97. The average Bonchev–Trinajstić information content (AvgIpc) is 2.68. The van der Waals surface area contributed by atoms with Gasteiger partial charge in [0.15, 0.2) is 0 Å². The van der Waals surface area contributed by atoms with Crippen molar-refractivity contribution in [1.29, 1.82) is 0 Å². The van der Waals surface area contributed by atoms with E-state index in [1.807, 2.05) is 0 Å². The number of halogens is 3. The molecule has 0 spiro atoms. The fourth-order valence-corrected chi connectivity index (χ4v) is 1.96. The van der Waals surface area contributed by atoms with Crippen molar-refractivity contribution in [2.24, 2.45) is 0 Å². The first-order valence-corrected chi connectivity index (χ1v) is 5.61. The van der Waals surface area contributed by atoms with Crippen molar-refractivity contribution in [2.45, 2.75) is 31.0 Å². The van der Waals surface area contributed by atoms with Crippen molar-refractivity contribution >= 4 is 0 Å². The lowest BCUT2D eigenvalue weighted by molar-refractivity contribution is -0.631. The Morgan fingerprint density at radius 1 is 1.55 bits per heavy atom. The van der Waals surface area contributed by atoms with Gasteiger partial charge in [-0.3, -0.25) is 9.36 Å². The summed E-state index contributed by atoms with van der Waals surface area (Å²) < 4.78 is 42.9. The molecule has 0 amide bonds. The molecule has 0 saturated carbocycles. The standard InChI is InChI=1S/C10H11F3N2O5/c11-10(12,13)7-2-14(8(18)3-15(7)19)9-1-5(17)6(4-16)20-9/h2-3,5-6,9,16-17H,1,4H2/t5-,6+,9+/m0/s1. The fraction of sp³-hybridized carbons (Fsp3) is 0.600. The van der Waals surface area contributed by atoms with Gasteiger partial charge in [-0.1, -0.05) is 0 Å². The van der Waals surface area contributed by atoms with E-state index in [0.717, 1.165) is 0 Å². The molecule has 0 aromatic carbocycles. The lowest BCUT2D eigenvalue weighted by Crippen LogP contribution is -2.43. The van der Waals surface area contributed by atoms with Crippen LogP contribution < -0.4 is 10.3 Å². The zero-order chi connectivity index (χ0) is 15.1. The highest BCUT2D eigenvalue weighted by molar-refractivity contribution is 4.97. The van der Waals surface area contributed by atoms with Crippen molar-refractivity contribution < 1.29 is 32.9 Å². The van der Waals surface area contributed by atoms with E-state index in [2.05, 4.69) is 0 Å². The van der Waals surface area contributed by atoms with Crippen LogP contribution in [-0.2, 0) is 10.9 Å². The number of nitrogens with zero attached hydrogens (tertiary/aromatic N) is 2. The second kappa shape index (κ2) is 5.04. The normalized spacial score (nSPS) is 26.9. The lowest BCUT2D eigenvalue weighted by Gasteiger charge is -2.16. The van der Waals surface area contributed by atoms with Crippen LogP contribution >= 0.6 is 0 Å². The largest absolute Gasteiger partial charge is 0.618 e. The fourth-order valence-electron chi connectivity index (χ4n) is 1.96. The van der Waals surface area contributed by atoms with Crippen molar-refractivity contribution in [3.05, 3.63) is 33.6 Å². The second-order valence-corrected chi connectivity index (χ2v) is 4.33. The highest BCUT2D eigenvalue weighted by atomic mass is 19.4. The van der Waals surface area contributed by atoms with Crippen LogP contribution in [0.15, 0.2) is 17.2 Å². The molecule has 1 aliphatic rings. The highest BCUT2D eigenvalue weighted by Crippen LogP contribution is 2.30. The molecule has 2 rings (SSSR count). The Hall–Kier alpha value is -1.65. The van der Waals surface area contributed by atoms with Gasteiger partial charge in [0.1, 0.15) is 12.3 Å². The molecule has 7 nitrogen and oxygen atoms in total. The maximum absolute atomic E-state index is 12.6. The Bertz CT molecular complexity index is 559. The smallest absolute Gasteiger partial charge is 0.480 e. The van der Waals surface area contributed by atoms with E-state index in [9.17, 15) is 28.3 Å². The highest BCUT2D eigenvalue weighted by Gasteiger charge is 2.42. The van der Waals surface area contributed by atoms with Crippen LogP contribution in [-0.4, -0.2) is 33.6 Å². The van der Waals surface area contributed by atoms with Gasteiger partial charge < -0.3 is 20.2 Å². The summed E-state index contributed by atoms with van der Waals surface area (Å²) >= 11 is 0. The van der Waals surface area contributed by atoms with E-state index in [4.69, 9.17) is 9.84 Å². The zero-order valence-corrected chi connectivity index (χ0v) is 9.95. The summed E-state index contributed by atoms with van der Waals surface area (Å²) in [6, 6.07) is 0. The summed E-state index contributed by atoms with van der Waals surface area (Å²) in [5.74, 6) is 0. The van der Waals surface area contributed by atoms with E-state index in [1.165, 1.54) is 0 Å². The molecular formula is C10H11F3N2O5. The Balaban J connectivity index is 2.41. The zero-order valence-electron chi connectivity index (χ0n) is 9.95. The Morgan fingerprint density at radius 2 is 2.20 bits per heavy atom. The minimum absolute atomic E-state index is 0.161. The van der Waals surface area contributed by atoms with Gasteiger partial charge in [-0.2, -0.15) is 17.9 Å². The Kier molecular flexibility index (Phi) is 3.71. The van der Waals surface area contributed by atoms with E-state index >= 15 is 0 Å². The molecule has 0 aliphatic carbocycles. The summed E-state index contributed by atoms with van der Waals surface area (Å²) in [5.41, 5.74) is -2.56. The van der Waals surface area contributed by atoms with Crippen LogP contribution in [0, 0.1) is 5.21 Å². The predicted molar refractivity (Wildman–Crippen MR) is 56.3 cm³/mol. The predicted octanol–water partition coefficient (Wildman–Crippen LogP) is -0.859. The molecule has 0 unspecified atom stereocenters. The third kappa shape index (κ3) is 2.62. The molecule has 112 valence electrons. The van der Waals surface area contributed by atoms with Crippen LogP contribution in [0.25, 0.3) is 0 Å². The molecule has 3 atom stereocenters. The van der Waals surface area contributed by atoms with E-state index < -0.39 is 47.2 Å². The first-order valence-electron chi connectivity index (χ1n) is 5.61. The van der Waals surface area contributed by atoms with Crippen LogP contribution in [0.3, 0.4) is 0 Å². The maximum Gasteiger partial charge on any atom is 0.480 e. The molecule has 1 aromatic heterocycles. The average molecular weight is 296 g/mol. The number of rotatable bonds is 2. The minimum atomic E-state index is -4.93. The molecule has 1 saturated heterocycles. The van der Waals surface area contributed by atoms with Crippen LogP contribution in [0.1, 0.15) is 18.3 Å². The monoisotopic (exact) mass is 296 g/mol. The number of hydrogen-bond donors (Lipinski definition) is 2. The van der Waals surface area contributed by atoms with Crippen LogP contribution in [0.5, 0.6) is 0 Å². The minimum Gasteiger partial charge on any atom is -0.618 e. The van der Waals surface area contributed by atoms with E-state index in [-0.39, 0.29) is 12.6 Å². The number of hydrogen-bond acceptors (Lipinski definition) is 5. The topological polar surface area (TPSA) is 98.6 Å². The Labute approximate surface area is 110 Å². The number of ether oxygens (including phenoxy) is 1. The summed E-state index contributed by atoms with van der Waals surface area (Å²) in [7, 11) is 0. The van der Waals surface area contributed by atoms with E-state index in [1.54, 1.807) is 0 Å². The molecule has 0 bridgehead atoms. The summed E-state index contributed by atoms with van der Waals surface area (Å²) in [4.78, 5) is 11.6. The molecule has 1 aliphatic heterocycles. The van der Waals surface area contributed by atoms with Crippen molar-refractivity contribution in [2.75, 3.05) is 6.61 Å². The summed E-state index contributed by atoms with van der Waals surface area (Å²) in [6.07, 6.45) is -7.77. The van der Waals surface area contributed by atoms with Crippen LogP contribution in [0.4, 0.5) is 13.2 Å². The van der Waals surface area contributed by atoms with E-state index in [0.29, 0.717) is 10.8 Å². The molecule has 10 heteroatoms. The number of alkyl halides is 3. The van der Waals surface area contributed by atoms with Gasteiger partial charge in [-0.05, 0) is 0 Å². The second-order valence-electron chi connectivity index (χ2n) is 4.33. The van der Waals surface area contributed by atoms with Gasteiger partial charge in [0.05, 0.1) is 18.9 Å². The van der Waals surface area contributed by atoms with Crippen molar-refractivity contribution in [1.82, 2.24) is 4.57 Å². The number of aromatic nitrogens is 2. The summed E-state index contributed by atoms with van der Waals surface area (Å²) in [6.45, 7) is -0.535. The van der Waals surface area contributed by atoms with Crippen LogP contribution in [0.2, 0.25) is 0 Å². The first-order chi connectivity index (χ1) is 9.24. The maximum atomic E-state index is 12.6. The molecule has 2 N–H and O–H groups in total. The molecule has 2 heterocycles. The van der Waals surface area contributed by atoms with Gasteiger partial charge in [-0.15, -0.1) is 0 Å². The molecular weight excluding hydrogens is 285 g/mol. The summed E-state index contributed by atoms with van der Waals surface area (Å²) in [5, 5.41) is 29.5. The quantitative estimate of drug-likeness (QED) is 0.546.